The van der Waals surface area contributed by atoms with Crippen molar-refractivity contribution in [1.29, 1.82) is 0 Å². The largest absolute Gasteiger partial charge is 0.492 e. The molecule has 1 aliphatic rings. The van der Waals surface area contributed by atoms with Gasteiger partial charge in [0.2, 0.25) is 10.0 Å². The molecule has 2 aromatic rings. The van der Waals surface area contributed by atoms with Gasteiger partial charge in [-0.05, 0) is 56.3 Å². The lowest BCUT2D eigenvalue weighted by molar-refractivity contribution is -0.0440. The van der Waals surface area contributed by atoms with Gasteiger partial charge < -0.3 is 14.8 Å². The van der Waals surface area contributed by atoms with Crippen LogP contribution >= 0.6 is 0 Å². The van der Waals surface area contributed by atoms with Crippen LogP contribution in [0.4, 0.5) is 4.39 Å². The third kappa shape index (κ3) is 5.56. The topological polar surface area (TPSA) is 84.9 Å². The standard InChI is InChI=1S/C21H25FN2O5S/c1-15-13-24(14-16(2)29-15)30(26,27)20-5-3-4-17(12-20)21(25)23-10-11-28-19-8-6-18(22)7-9-19/h3-9,12,15-16H,10-11,13-14H2,1-2H3,(H,23,25). The number of sulfonamides is 1. The van der Waals surface area contributed by atoms with E-state index in [9.17, 15) is 17.6 Å². The molecule has 3 rings (SSSR count). The van der Waals surface area contributed by atoms with Crippen LogP contribution in [0, 0.1) is 5.82 Å². The molecule has 1 amide bonds. The van der Waals surface area contributed by atoms with Gasteiger partial charge in [0.25, 0.3) is 5.91 Å². The van der Waals surface area contributed by atoms with Crippen LogP contribution in [-0.4, -0.2) is 57.1 Å². The maximum atomic E-state index is 13.0. The van der Waals surface area contributed by atoms with Gasteiger partial charge in [-0.15, -0.1) is 0 Å². The monoisotopic (exact) mass is 436 g/mol. The molecule has 1 N–H and O–H groups in total. The molecule has 0 saturated carbocycles. The minimum atomic E-state index is -3.73. The predicted molar refractivity (Wildman–Crippen MR) is 109 cm³/mol. The van der Waals surface area contributed by atoms with Crippen molar-refractivity contribution in [3.05, 3.63) is 59.9 Å². The van der Waals surface area contributed by atoms with E-state index in [1.54, 1.807) is 12.1 Å². The van der Waals surface area contributed by atoms with Crippen LogP contribution in [0.25, 0.3) is 0 Å². The van der Waals surface area contributed by atoms with Crippen molar-refractivity contribution in [3.8, 4) is 5.75 Å². The Labute approximate surface area is 175 Å². The van der Waals surface area contributed by atoms with Crippen molar-refractivity contribution >= 4 is 15.9 Å². The highest BCUT2D eigenvalue weighted by Gasteiger charge is 2.32. The van der Waals surface area contributed by atoms with Crippen molar-refractivity contribution < 1.29 is 27.1 Å². The second-order valence-corrected chi connectivity index (χ2v) is 9.10. The zero-order valence-corrected chi connectivity index (χ0v) is 17.7. The zero-order valence-electron chi connectivity index (χ0n) is 16.9. The summed E-state index contributed by atoms with van der Waals surface area (Å²) in [6.45, 7) is 4.60. The molecule has 162 valence electrons. The Kier molecular flexibility index (Phi) is 7.06. The van der Waals surface area contributed by atoms with Crippen LogP contribution in [0.15, 0.2) is 53.4 Å². The van der Waals surface area contributed by atoms with E-state index in [0.29, 0.717) is 5.75 Å². The number of halogens is 1. The Balaban J connectivity index is 1.60. The van der Waals surface area contributed by atoms with E-state index in [1.807, 2.05) is 13.8 Å². The summed E-state index contributed by atoms with van der Waals surface area (Å²) in [6.07, 6.45) is -0.396. The molecule has 2 atom stereocenters. The van der Waals surface area contributed by atoms with Crippen LogP contribution in [0.3, 0.4) is 0 Å². The normalized spacial score (nSPS) is 20.0. The lowest BCUT2D eigenvalue weighted by Gasteiger charge is -2.34. The first-order valence-electron chi connectivity index (χ1n) is 9.68. The lowest BCUT2D eigenvalue weighted by Crippen LogP contribution is -2.48. The number of nitrogens with zero attached hydrogens (tertiary/aromatic N) is 1. The molecule has 2 aromatic carbocycles. The molecule has 9 heteroatoms. The van der Waals surface area contributed by atoms with Crippen molar-refractivity contribution in [2.75, 3.05) is 26.2 Å². The van der Waals surface area contributed by atoms with Crippen molar-refractivity contribution in [3.63, 3.8) is 0 Å². The van der Waals surface area contributed by atoms with Crippen LogP contribution in [0.1, 0.15) is 24.2 Å². The third-order valence-electron chi connectivity index (χ3n) is 4.59. The molecule has 0 bridgehead atoms. The zero-order chi connectivity index (χ0) is 21.7. The second-order valence-electron chi connectivity index (χ2n) is 7.17. The smallest absolute Gasteiger partial charge is 0.251 e. The summed E-state index contributed by atoms with van der Waals surface area (Å²) in [4.78, 5) is 12.5. The number of benzene rings is 2. The molecule has 0 aliphatic carbocycles. The van der Waals surface area contributed by atoms with Crippen LogP contribution in [-0.2, 0) is 14.8 Å². The van der Waals surface area contributed by atoms with E-state index in [2.05, 4.69) is 5.32 Å². The van der Waals surface area contributed by atoms with Gasteiger partial charge in [0.15, 0.2) is 0 Å². The maximum absolute atomic E-state index is 13.0. The van der Waals surface area contributed by atoms with Gasteiger partial charge in [-0.3, -0.25) is 4.79 Å². The average molecular weight is 437 g/mol. The van der Waals surface area contributed by atoms with Gasteiger partial charge in [0.1, 0.15) is 18.2 Å². The van der Waals surface area contributed by atoms with E-state index < -0.39 is 15.9 Å². The number of rotatable bonds is 7. The highest BCUT2D eigenvalue weighted by Crippen LogP contribution is 2.22. The van der Waals surface area contributed by atoms with Gasteiger partial charge in [-0.25, -0.2) is 12.8 Å². The van der Waals surface area contributed by atoms with Gasteiger partial charge in [0, 0.05) is 18.7 Å². The molecule has 1 heterocycles. The number of hydrogen-bond donors (Lipinski definition) is 1. The number of morpholine rings is 1. The van der Waals surface area contributed by atoms with E-state index >= 15 is 0 Å². The van der Waals surface area contributed by atoms with E-state index in [-0.39, 0.29) is 54.7 Å². The van der Waals surface area contributed by atoms with E-state index in [1.165, 1.54) is 40.7 Å². The summed E-state index contributed by atoms with van der Waals surface area (Å²) in [5, 5.41) is 2.69. The number of hydrogen-bond acceptors (Lipinski definition) is 5. The molecule has 1 aliphatic heterocycles. The first-order chi connectivity index (χ1) is 14.3. The summed E-state index contributed by atoms with van der Waals surface area (Å²) in [5.41, 5.74) is 0.243. The fourth-order valence-corrected chi connectivity index (χ4v) is 4.88. The minimum Gasteiger partial charge on any atom is -0.492 e. The van der Waals surface area contributed by atoms with E-state index in [0.717, 1.165) is 0 Å². The van der Waals surface area contributed by atoms with Crippen LogP contribution in [0.2, 0.25) is 0 Å². The summed E-state index contributed by atoms with van der Waals surface area (Å²) >= 11 is 0. The Morgan fingerprint density at radius 1 is 1.17 bits per heavy atom. The molecule has 0 radical (unpaired) electrons. The minimum absolute atomic E-state index is 0.0685. The molecule has 0 spiro atoms. The lowest BCUT2D eigenvalue weighted by atomic mass is 10.2. The third-order valence-corrected chi connectivity index (χ3v) is 6.42. The summed E-state index contributed by atoms with van der Waals surface area (Å²) in [7, 11) is -3.73. The number of ether oxygens (including phenoxy) is 2. The van der Waals surface area contributed by atoms with Gasteiger partial charge in [-0.2, -0.15) is 4.31 Å². The van der Waals surface area contributed by atoms with Crippen molar-refractivity contribution in [2.24, 2.45) is 0 Å². The van der Waals surface area contributed by atoms with Gasteiger partial charge >= 0.3 is 0 Å². The van der Waals surface area contributed by atoms with E-state index in [4.69, 9.17) is 9.47 Å². The van der Waals surface area contributed by atoms with Gasteiger partial charge in [-0.1, -0.05) is 6.07 Å². The first kappa shape index (κ1) is 22.2. The predicted octanol–water partition coefficient (Wildman–Crippen LogP) is 2.43. The maximum Gasteiger partial charge on any atom is 0.251 e. The Hall–Kier alpha value is -2.49. The number of carbonyl (C=O) groups is 1. The van der Waals surface area contributed by atoms with Crippen molar-refractivity contribution in [1.82, 2.24) is 9.62 Å². The van der Waals surface area contributed by atoms with Crippen molar-refractivity contribution in [2.45, 2.75) is 31.0 Å². The molecular weight excluding hydrogens is 411 g/mol. The fourth-order valence-electron chi connectivity index (χ4n) is 3.24. The molecule has 2 unspecified atom stereocenters. The number of carbonyl (C=O) groups excluding carboxylic acids is 1. The number of nitrogens with one attached hydrogen (secondary N) is 1. The first-order valence-corrected chi connectivity index (χ1v) is 11.1. The second kappa shape index (κ2) is 9.55. The Morgan fingerprint density at radius 3 is 2.50 bits per heavy atom. The molecule has 7 nitrogen and oxygen atoms in total. The highest BCUT2D eigenvalue weighted by atomic mass is 32.2. The molecule has 30 heavy (non-hydrogen) atoms. The summed E-state index contributed by atoms with van der Waals surface area (Å²) in [6, 6.07) is 11.5. The van der Waals surface area contributed by atoms with Gasteiger partial charge in [0.05, 0.1) is 23.6 Å². The number of amides is 1. The molecular formula is C21H25FN2O5S. The molecule has 1 saturated heterocycles. The highest BCUT2D eigenvalue weighted by molar-refractivity contribution is 7.89. The summed E-state index contributed by atoms with van der Waals surface area (Å²) < 4.78 is 51.3. The fraction of sp³-hybridized carbons (Fsp3) is 0.381. The van der Waals surface area contributed by atoms with Crippen LogP contribution < -0.4 is 10.1 Å². The molecule has 0 aromatic heterocycles. The molecule has 1 fully saturated rings. The Bertz CT molecular complexity index is 971. The summed E-state index contributed by atoms with van der Waals surface area (Å²) in [5.74, 6) is -0.266. The average Bonchev–Trinajstić information content (AvgIpc) is 2.71. The SMILES string of the molecule is CC1CN(S(=O)(=O)c2cccc(C(=O)NCCOc3ccc(F)cc3)c2)CC(C)O1. The van der Waals surface area contributed by atoms with Crippen LogP contribution in [0.5, 0.6) is 5.75 Å². The Morgan fingerprint density at radius 2 is 1.83 bits per heavy atom. The quantitative estimate of drug-likeness (QED) is 0.674.